The van der Waals surface area contributed by atoms with Gasteiger partial charge in [-0.15, -0.1) is 11.6 Å². The number of Topliss-reactive ketones (excluding diaryl/α,β-unsaturated/α-hetero) is 1. The van der Waals surface area contributed by atoms with Crippen molar-refractivity contribution in [3.8, 4) is 0 Å². The van der Waals surface area contributed by atoms with E-state index >= 15 is 0 Å². The molecule has 0 spiro atoms. The van der Waals surface area contributed by atoms with Crippen molar-refractivity contribution in [2.45, 2.75) is 39.2 Å². The molecular weight excluding hydrogens is 248 g/mol. The monoisotopic (exact) mass is 264 g/mol. The van der Waals surface area contributed by atoms with E-state index in [0.717, 1.165) is 0 Å². The van der Waals surface area contributed by atoms with Gasteiger partial charge in [0, 0.05) is 25.6 Å². The van der Waals surface area contributed by atoms with E-state index in [-0.39, 0.29) is 37.5 Å². The normalized spacial score (nSPS) is 11.7. The van der Waals surface area contributed by atoms with E-state index in [1.54, 1.807) is 6.92 Å². The molecule has 0 aromatic carbocycles. The number of esters is 2. The molecule has 0 aliphatic carbocycles. The Balaban J connectivity index is 4.27. The quantitative estimate of drug-likeness (QED) is 0.490. The number of ether oxygens (including phenoxy) is 2. The second-order valence-electron chi connectivity index (χ2n) is 3.42. The fourth-order valence-corrected chi connectivity index (χ4v) is 1.47. The molecule has 0 aliphatic rings. The van der Waals surface area contributed by atoms with Gasteiger partial charge in [0.2, 0.25) is 0 Å². The molecule has 6 heteroatoms. The summed E-state index contributed by atoms with van der Waals surface area (Å²) in [5, 5.41) is 0. The van der Waals surface area contributed by atoms with E-state index in [1.807, 2.05) is 0 Å². The van der Waals surface area contributed by atoms with E-state index in [4.69, 9.17) is 21.1 Å². The lowest BCUT2D eigenvalue weighted by atomic mass is 10.1. The molecule has 0 radical (unpaired) electrons. The van der Waals surface area contributed by atoms with Crippen LogP contribution in [-0.2, 0) is 23.9 Å². The number of rotatable bonds is 8. The summed E-state index contributed by atoms with van der Waals surface area (Å²) in [4.78, 5) is 33.4. The van der Waals surface area contributed by atoms with E-state index in [9.17, 15) is 14.4 Å². The summed E-state index contributed by atoms with van der Waals surface area (Å²) in [5.41, 5.74) is 0. The molecule has 0 bridgehead atoms. The van der Waals surface area contributed by atoms with Crippen LogP contribution in [0.25, 0.3) is 0 Å². The fourth-order valence-electron chi connectivity index (χ4n) is 1.26. The summed E-state index contributed by atoms with van der Waals surface area (Å²) in [7, 11) is 0. The number of hydrogen-bond donors (Lipinski definition) is 0. The molecule has 0 aromatic heterocycles. The van der Waals surface area contributed by atoms with Crippen LogP contribution in [0.15, 0.2) is 0 Å². The molecule has 1 unspecified atom stereocenters. The predicted molar refractivity (Wildman–Crippen MR) is 61.8 cm³/mol. The zero-order valence-corrected chi connectivity index (χ0v) is 10.8. The van der Waals surface area contributed by atoms with Crippen molar-refractivity contribution in [3.63, 3.8) is 0 Å². The van der Waals surface area contributed by atoms with Crippen LogP contribution in [0.1, 0.15) is 33.1 Å². The highest BCUT2D eigenvalue weighted by molar-refractivity contribution is 6.19. The molecule has 0 amide bonds. The Kier molecular flexibility index (Phi) is 8.40. The van der Waals surface area contributed by atoms with Crippen molar-refractivity contribution >= 4 is 29.3 Å². The van der Waals surface area contributed by atoms with E-state index in [2.05, 4.69) is 0 Å². The van der Waals surface area contributed by atoms with Gasteiger partial charge in [-0.2, -0.15) is 0 Å². The number of alkyl halides is 1. The van der Waals surface area contributed by atoms with Gasteiger partial charge >= 0.3 is 11.9 Å². The fraction of sp³-hybridized carbons (Fsp3) is 0.727. The largest absolute Gasteiger partial charge is 0.466 e. The molecule has 0 N–H and O–H groups in total. The number of ketones is 1. The first kappa shape index (κ1) is 15.9. The highest BCUT2D eigenvalue weighted by Gasteiger charge is 2.20. The minimum absolute atomic E-state index is 0.00882. The van der Waals surface area contributed by atoms with Crippen LogP contribution in [0.2, 0.25) is 0 Å². The first-order chi connectivity index (χ1) is 7.99. The predicted octanol–water partition coefficient (Wildman–Crippen LogP) is 1.46. The van der Waals surface area contributed by atoms with E-state index < -0.39 is 18.0 Å². The standard InChI is InChI=1S/C11H17ClO5/c1-3-16-11(15)7-10(17-8(2)13)6-9(14)4-5-12/h10H,3-7H2,1-2H3. The third-order valence-electron chi connectivity index (χ3n) is 1.86. The van der Waals surface area contributed by atoms with Gasteiger partial charge in [-0.25, -0.2) is 0 Å². The number of carbonyl (C=O) groups is 3. The maximum absolute atomic E-state index is 11.3. The number of halogens is 1. The Labute approximate surface area is 105 Å². The van der Waals surface area contributed by atoms with Gasteiger partial charge < -0.3 is 9.47 Å². The maximum Gasteiger partial charge on any atom is 0.309 e. The highest BCUT2D eigenvalue weighted by atomic mass is 35.5. The smallest absolute Gasteiger partial charge is 0.309 e. The molecule has 0 saturated carbocycles. The zero-order valence-electron chi connectivity index (χ0n) is 10.0. The third kappa shape index (κ3) is 8.68. The molecule has 5 nitrogen and oxygen atoms in total. The van der Waals surface area contributed by atoms with Gasteiger partial charge in [-0.1, -0.05) is 0 Å². The van der Waals surface area contributed by atoms with Crippen LogP contribution in [0.4, 0.5) is 0 Å². The Hall–Kier alpha value is -1.10. The van der Waals surface area contributed by atoms with E-state index in [1.165, 1.54) is 6.92 Å². The second kappa shape index (κ2) is 8.98. The van der Waals surface area contributed by atoms with Gasteiger partial charge in [-0.3, -0.25) is 14.4 Å². The van der Waals surface area contributed by atoms with Crippen LogP contribution in [0.3, 0.4) is 0 Å². The SMILES string of the molecule is CCOC(=O)CC(CC(=O)CCCl)OC(C)=O. The van der Waals surface area contributed by atoms with Gasteiger partial charge in [0.15, 0.2) is 0 Å². The minimum atomic E-state index is -0.762. The summed E-state index contributed by atoms with van der Waals surface area (Å²) >= 11 is 5.42. The van der Waals surface area contributed by atoms with Crippen molar-refractivity contribution in [1.82, 2.24) is 0 Å². The summed E-state index contributed by atoms with van der Waals surface area (Å²) in [6.45, 7) is 3.16. The first-order valence-corrected chi connectivity index (χ1v) is 5.93. The molecule has 17 heavy (non-hydrogen) atoms. The summed E-state index contributed by atoms with van der Waals surface area (Å²) in [6, 6.07) is 0. The minimum Gasteiger partial charge on any atom is -0.466 e. The van der Waals surface area contributed by atoms with Crippen molar-refractivity contribution in [1.29, 1.82) is 0 Å². The number of carbonyl (C=O) groups excluding carboxylic acids is 3. The average molecular weight is 265 g/mol. The zero-order chi connectivity index (χ0) is 13.3. The van der Waals surface area contributed by atoms with Crippen molar-refractivity contribution in [2.24, 2.45) is 0 Å². The van der Waals surface area contributed by atoms with E-state index in [0.29, 0.717) is 0 Å². The lowest BCUT2D eigenvalue weighted by molar-refractivity contribution is -0.154. The Bertz CT molecular complexity index is 257. The van der Waals surface area contributed by atoms with Gasteiger partial charge in [-0.05, 0) is 6.92 Å². The molecular formula is C11H17ClO5. The molecule has 98 valence electrons. The Morgan fingerprint density at radius 2 is 1.88 bits per heavy atom. The summed E-state index contributed by atoms with van der Waals surface area (Å²) < 4.78 is 9.61. The van der Waals surface area contributed by atoms with Gasteiger partial charge in [0.1, 0.15) is 11.9 Å². The molecule has 0 fully saturated rings. The van der Waals surface area contributed by atoms with Crippen molar-refractivity contribution < 1.29 is 23.9 Å². The maximum atomic E-state index is 11.3. The second-order valence-corrected chi connectivity index (χ2v) is 3.80. The molecule has 0 heterocycles. The Morgan fingerprint density at radius 1 is 1.24 bits per heavy atom. The van der Waals surface area contributed by atoms with Crippen LogP contribution in [-0.4, -0.2) is 36.3 Å². The lowest BCUT2D eigenvalue weighted by Crippen LogP contribution is -2.24. The van der Waals surface area contributed by atoms with Crippen molar-refractivity contribution in [3.05, 3.63) is 0 Å². The van der Waals surface area contributed by atoms with Crippen molar-refractivity contribution in [2.75, 3.05) is 12.5 Å². The van der Waals surface area contributed by atoms with Gasteiger partial charge in [0.25, 0.3) is 0 Å². The van der Waals surface area contributed by atoms with Crippen LogP contribution in [0, 0.1) is 0 Å². The average Bonchev–Trinajstić information content (AvgIpc) is 2.16. The molecule has 0 rings (SSSR count). The molecule has 0 saturated heterocycles. The number of hydrogen-bond acceptors (Lipinski definition) is 5. The van der Waals surface area contributed by atoms with Crippen LogP contribution >= 0.6 is 11.6 Å². The topological polar surface area (TPSA) is 69.7 Å². The Morgan fingerprint density at radius 3 is 2.35 bits per heavy atom. The lowest BCUT2D eigenvalue weighted by Gasteiger charge is -2.15. The summed E-state index contributed by atoms with van der Waals surface area (Å²) in [5.74, 6) is -0.948. The molecule has 0 aromatic rings. The summed E-state index contributed by atoms with van der Waals surface area (Å²) in [6.07, 6.45) is -0.684. The van der Waals surface area contributed by atoms with Crippen LogP contribution in [0.5, 0.6) is 0 Å². The third-order valence-corrected chi connectivity index (χ3v) is 2.05. The van der Waals surface area contributed by atoms with Crippen LogP contribution < -0.4 is 0 Å². The molecule has 1 atom stereocenters. The van der Waals surface area contributed by atoms with Gasteiger partial charge in [0.05, 0.1) is 13.0 Å². The molecule has 0 aliphatic heterocycles. The highest BCUT2D eigenvalue weighted by Crippen LogP contribution is 2.09. The first-order valence-electron chi connectivity index (χ1n) is 5.40.